The van der Waals surface area contributed by atoms with Crippen LogP contribution in [0.15, 0.2) is 25.0 Å². The maximum Gasteiger partial charge on any atom is 0.229 e. The Hall–Kier alpha value is -2.51. The molecule has 1 aliphatic rings. The quantitative estimate of drug-likeness (QED) is 0.793. The SMILES string of the molecule is CCN(CC)C(=O)C1CN(c2cc(-n3cncn3)ncn2)C1. The van der Waals surface area contributed by atoms with Gasteiger partial charge in [-0.1, -0.05) is 0 Å². The maximum absolute atomic E-state index is 12.3. The van der Waals surface area contributed by atoms with Crippen LogP contribution in [0, 0.1) is 5.92 Å². The van der Waals surface area contributed by atoms with E-state index in [-0.39, 0.29) is 11.8 Å². The van der Waals surface area contributed by atoms with Gasteiger partial charge in [-0.25, -0.2) is 19.6 Å². The molecule has 0 aliphatic carbocycles. The van der Waals surface area contributed by atoms with Gasteiger partial charge >= 0.3 is 0 Å². The predicted octanol–water partition coefficient (Wildman–Crippen LogP) is 0.362. The van der Waals surface area contributed by atoms with Crippen LogP contribution in [0.3, 0.4) is 0 Å². The molecule has 0 spiro atoms. The average molecular weight is 301 g/mol. The molecule has 3 heterocycles. The monoisotopic (exact) mass is 301 g/mol. The highest BCUT2D eigenvalue weighted by Crippen LogP contribution is 2.24. The number of hydrogen-bond donors (Lipinski definition) is 0. The van der Waals surface area contributed by atoms with Crippen molar-refractivity contribution in [1.82, 2.24) is 29.6 Å². The van der Waals surface area contributed by atoms with Crippen LogP contribution in [0.1, 0.15) is 13.8 Å². The fraction of sp³-hybridized carbons (Fsp3) is 0.500. The minimum Gasteiger partial charge on any atom is -0.355 e. The smallest absolute Gasteiger partial charge is 0.229 e. The number of carbonyl (C=O) groups excluding carboxylic acids is 1. The number of amides is 1. The fourth-order valence-corrected chi connectivity index (χ4v) is 2.58. The highest BCUT2D eigenvalue weighted by atomic mass is 16.2. The van der Waals surface area contributed by atoms with Crippen molar-refractivity contribution < 1.29 is 4.79 Å². The van der Waals surface area contributed by atoms with Crippen molar-refractivity contribution in [1.29, 1.82) is 0 Å². The van der Waals surface area contributed by atoms with Crippen LogP contribution in [0.4, 0.5) is 5.82 Å². The van der Waals surface area contributed by atoms with E-state index in [1.54, 1.807) is 11.0 Å². The summed E-state index contributed by atoms with van der Waals surface area (Å²) in [5, 5.41) is 4.06. The number of nitrogens with zero attached hydrogens (tertiary/aromatic N) is 7. The van der Waals surface area contributed by atoms with E-state index in [4.69, 9.17) is 0 Å². The van der Waals surface area contributed by atoms with Gasteiger partial charge in [-0.3, -0.25) is 4.79 Å². The first-order valence-corrected chi connectivity index (χ1v) is 7.43. The molecule has 0 bridgehead atoms. The van der Waals surface area contributed by atoms with E-state index in [1.807, 2.05) is 24.8 Å². The highest BCUT2D eigenvalue weighted by Gasteiger charge is 2.35. The van der Waals surface area contributed by atoms with Gasteiger partial charge in [0, 0.05) is 32.2 Å². The van der Waals surface area contributed by atoms with Crippen LogP contribution >= 0.6 is 0 Å². The summed E-state index contributed by atoms with van der Waals surface area (Å²) in [6, 6.07) is 1.85. The summed E-state index contributed by atoms with van der Waals surface area (Å²) in [4.78, 5) is 28.6. The van der Waals surface area contributed by atoms with Gasteiger partial charge in [0.15, 0.2) is 5.82 Å². The molecule has 0 radical (unpaired) electrons. The Balaban J connectivity index is 1.66. The molecule has 0 aromatic carbocycles. The average Bonchev–Trinajstić information content (AvgIpc) is 3.01. The Bertz CT molecular complexity index is 632. The molecule has 2 aromatic heterocycles. The molecule has 1 amide bonds. The molecular formula is C14H19N7O. The molecule has 116 valence electrons. The minimum atomic E-state index is 0.0599. The fourth-order valence-electron chi connectivity index (χ4n) is 2.58. The summed E-state index contributed by atoms with van der Waals surface area (Å²) < 4.78 is 1.59. The summed E-state index contributed by atoms with van der Waals surface area (Å²) >= 11 is 0. The van der Waals surface area contributed by atoms with Crippen molar-refractivity contribution in [3.8, 4) is 5.82 Å². The maximum atomic E-state index is 12.3. The minimum absolute atomic E-state index is 0.0599. The first-order valence-electron chi connectivity index (χ1n) is 7.43. The Morgan fingerprint density at radius 3 is 2.59 bits per heavy atom. The Morgan fingerprint density at radius 1 is 1.23 bits per heavy atom. The zero-order valence-corrected chi connectivity index (χ0v) is 12.8. The van der Waals surface area contributed by atoms with Crippen LogP contribution in [-0.2, 0) is 4.79 Å². The first kappa shape index (κ1) is 14.4. The van der Waals surface area contributed by atoms with Crippen molar-refractivity contribution in [2.24, 2.45) is 5.92 Å². The van der Waals surface area contributed by atoms with E-state index in [2.05, 4.69) is 25.0 Å². The number of rotatable bonds is 5. The highest BCUT2D eigenvalue weighted by molar-refractivity contribution is 5.81. The van der Waals surface area contributed by atoms with Gasteiger partial charge in [0.05, 0.1) is 5.92 Å². The molecule has 1 saturated heterocycles. The second-order valence-electron chi connectivity index (χ2n) is 5.19. The van der Waals surface area contributed by atoms with Crippen molar-refractivity contribution in [2.45, 2.75) is 13.8 Å². The topological polar surface area (TPSA) is 80.0 Å². The van der Waals surface area contributed by atoms with Gasteiger partial charge in [-0.15, -0.1) is 0 Å². The van der Waals surface area contributed by atoms with Gasteiger partial charge in [0.1, 0.15) is 24.8 Å². The van der Waals surface area contributed by atoms with Crippen LogP contribution in [0.2, 0.25) is 0 Å². The standard InChI is InChI=1S/C14H19N7O/c1-3-19(4-2)14(22)11-6-20(7-11)12-5-13(17-9-16-12)21-10-15-8-18-21/h5,8-11H,3-4,6-7H2,1-2H3. The van der Waals surface area contributed by atoms with Crippen LogP contribution in [0.25, 0.3) is 5.82 Å². The van der Waals surface area contributed by atoms with Crippen molar-refractivity contribution in [2.75, 3.05) is 31.1 Å². The summed E-state index contributed by atoms with van der Waals surface area (Å²) in [7, 11) is 0. The summed E-state index contributed by atoms with van der Waals surface area (Å²) in [6.07, 6.45) is 4.56. The van der Waals surface area contributed by atoms with E-state index >= 15 is 0 Å². The summed E-state index contributed by atoms with van der Waals surface area (Å²) in [5.74, 6) is 1.77. The third-order valence-corrected chi connectivity index (χ3v) is 3.92. The molecule has 8 heteroatoms. The summed E-state index contributed by atoms with van der Waals surface area (Å²) in [5.41, 5.74) is 0. The lowest BCUT2D eigenvalue weighted by atomic mass is 9.98. The third-order valence-electron chi connectivity index (χ3n) is 3.92. The molecule has 2 aromatic rings. The zero-order chi connectivity index (χ0) is 15.5. The van der Waals surface area contributed by atoms with Crippen LogP contribution in [-0.4, -0.2) is 61.7 Å². The van der Waals surface area contributed by atoms with E-state index in [1.165, 1.54) is 12.7 Å². The van der Waals surface area contributed by atoms with Gasteiger partial charge in [-0.05, 0) is 13.8 Å². The molecular weight excluding hydrogens is 282 g/mol. The second-order valence-corrected chi connectivity index (χ2v) is 5.19. The van der Waals surface area contributed by atoms with E-state index in [0.29, 0.717) is 18.9 Å². The van der Waals surface area contributed by atoms with Crippen LogP contribution in [0.5, 0.6) is 0 Å². The Kier molecular flexibility index (Phi) is 3.99. The van der Waals surface area contributed by atoms with E-state index < -0.39 is 0 Å². The molecule has 22 heavy (non-hydrogen) atoms. The van der Waals surface area contributed by atoms with Gasteiger partial charge < -0.3 is 9.80 Å². The number of carbonyl (C=O) groups is 1. The van der Waals surface area contributed by atoms with Crippen molar-refractivity contribution in [3.63, 3.8) is 0 Å². The number of anilines is 1. The lowest BCUT2D eigenvalue weighted by Gasteiger charge is -2.41. The zero-order valence-electron chi connectivity index (χ0n) is 12.8. The number of hydrogen-bond acceptors (Lipinski definition) is 6. The van der Waals surface area contributed by atoms with Gasteiger partial charge in [0.25, 0.3) is 0 Å². The largest absolute Gasteiger partial charge is 0.355 e. The molecule has 0 unspecified atom stereocenters. The molecule has 1 aliphatic heterocycles. The van der Waals surface area contributed by atoms with Crippen molar-refractivity contribution >= 4 is 11.7 Å². The Morgan fingerprint density at radius 2 is 1.95 bits per heavy atom. The van der Waals surface area contributed by atoms with Gasteiger partial charge in [-0.2, -0.15) is 5.10 Å². The molecule has 0 saturated carbocycles. The molecule has 8 nitrogen and oxygen atoms in total. The third kappa shape index (κ3) is 2.63. The Labute approximate surface area is 128 Å². The first-order chi connectivity index (χ1) is 10.7. The molecule has 1 fully saturated rings. The summed E-state index contributed by atoms with van der Waals surface area (Å²) in [6.45, 7) is 6.93. The lowest BCUT2D eigenvalue weighted by molar-refractivity contribution is -0.135. The molecule has 0 N–H and O–H groups in total. The van der Waals surface area contributed by atoms with Crippen LogP contribution < -0.4 is 4.90 Å². The van der Waals surface area contributed by atoms with E-state index in [9.17, 15) is 4.79 Å². The second kappa shape index (κ2) is 6.08. The number of aromatic nitrogens is 5. The van der Waals surface area contributed by atoms with Crippen molar-refractivity contribution in [3.05, 3.63) is 25.0 Å². The normalized spacial score (nSPS) is 14.7. The lowest BCUT2D eigenvalue weighted by Crippen LogP contribution is -2.55. The molecule has 0 atom stereocenters. The molecule has 3 rings (SSSR count). The van der Waals surface area contributed by atoms with E-state index in [0.717, 1.165) is 18.9 Å². The predicted molar refractivity (Wildman–Crippen MR) is 80.6 cm³/mol. The van der Waals surface area contributed by atoms with Gasteiger partial charge in [0.2, 0.25) is 5.91 Å².